The second kappa shape index (κ2) is 4.82. The molecule has 2 aliphatic rings. The third-order valence-corrected chi connectivity index (χ3v) is 2.66. The van der Waals surface area contributed by atoms with Crippen molar-refractivity contribution in [1.29, 1.82) is 0 Å². The molecule has 7 nitrogen and oxygen atoms in total. The number of hydrogen-bond acceptors (Lipinski definition) is 5. The van der Waals surface area contributed by atoms with Gasteiger partial charge in [0.05, 0.1) is 19.3 Å². The van der Waals surface area contributed by atoms with Crippen LogP contribution in [0.2, 0.25) is 0 Å². The van der Waals surface area contributed by atoms with Gasteiger partial charge in [0, 0.05) is 4.91 Å². The van der Waals surface area contributed by atoms with Gasteiger partial charge in [0.1, 0.15) is 18.2 Å². The second-order valence-electron chi connectivity index (χ2n) is 3.65. The van der Waals surface area contributed by atoms with Crippen molar-refractivity contribution in [2.24, 2.45) is 5.11 Å². The highest BCUT2D eigenvalue weighted by molar-refractivity contribution is 4.98. The molecule has 0 amide bonds. The van der Waals surface area contributed by atoms with E-state index in [0.717, 1.165) is 0 Å². The molecule has 0 radical (unpaired) electrons. The average molecular weight is 227 g/mol. The van der Waals surface area contributed by atoms with Gasteiger partial charge in [-0.3, -0.25) is 0 Å². The third kappa shape index (κ3) is 1.91. The maximum absolute atomic E-state index is 9.88. The maximum Gasteiger partial charge on any atom is 0.169 e. The van der Waals surface area contributed by atoms with Gasteiger partial charge in [0.15, 0.2) is 6.29 Å². The summed E-state index contributed by atoms with van der Waals surface area (Å²) in [5.41, 5.74) is 8.42. The number of ether oxygens (including phenoxy) is 3. The van der Waals surface area contributed by atoms with E-state index in [0.29, 0.717) is 6.61 Å². The second-order valence-corrected chi connectivity index (χ2v) is 3.65. The Balaban J connectivity index is 2.07. The van der Waals surface area contributed by atoms with Gasteiger partial charge < -0.3 is 19.3 Å². The summed E-state index contributed by atoms with van der Waals surface area (Å²) in [7, 11) is 0. The molecule has 0 saturated carbocycles. The molecule has 2 fully saturated rings. The van der Waals surface area contributed by atoms with E-state index in [-0.39, 0.29) is 12.7 Å². The van der Waals surface area contributed by atoms with Crippen LogP contribution in [0.1, 0.15) is 0 Å². The van der Waals surface area contributed by atoms with E-state index < -0.39 is 24.5 Å². The number of azide groups is 1. The van der Waals surface area contributed by atoms with E-state index in [2.05, 4.69) is 16.6 Å². The molecule has 88 valence electrons. The van der Waals surface area contributed by atoms with Crippen molar-refractivity contribution in [1.82, 2.24) is 0 Å². The van der Waals surface area contributed by atoms with E-state index >= 15 is 0 Å². The number of fused-ring (bicyclic) bond motifs is 1. The largest absolute Gasteiger partial charge is 0.390 e. The molecule has 0 aromatic heterocycles. The highest BCUT2D eigenvalue weighted by Crippen LogP contribution is 2.32. The number of aliphatic hydroxyl groups excluding tert-OH is 1. The summed E-state index contributed by atoms with van der Waals surface area (Å²) in [6.07, 6.45) is -0.673. The fourth-order valence-electron chi connectivity index (χ4n) is 1.81. The van der Waals surface area contributed by atoms with Crippen LogP contribution in [-0.4, -0.2) is 49.0 Å². The summed E-state index contributed by atoms with van der Waals surface area (Å²) in [5, 5.41) is 13.4. The first kappa shape index (κ1) is 11.4. The van der Waals surface area contributed by atoms with Crippen molar-refractivity contribution in [3.8, 4) is 0 Å². The van der Waals surface area contributed by atoms with Gasteiger partial charge in [-0.15, -0.1) is 6.58 Å². The van der Waals surface area contributed by atoms with E-state index in [1.54, 1.807) is 6.08 Å². The van der Waals surface area contributed by atoms with E-state index in [1.807, 2.05) is 0 Å². The summed E-state index contributed by atoms with van der Waals surface area (Å²) in [6, 6.07) is -0.786. The molecule has 0 aliphatic carbocycles. The summed E-state index contributed by atoms with van der Waals surface area (Å²) in [4.78, 5) is 2.68. The molecule has 5 atom stereocenters. The molecule has 2 heterocycles. The zero-order valence-electron chi connectivity index (χ0n) is 8.60. The van der Waals surface area contributed by atoms with Crippen molar-refractivity contribution in [3.05, 3.63) is 23.1 Å². The predicted molar refractivity (Wildman–Crippen MR) is 53.5 cm³/mol. The Kier molecular flexibility index (Phi) is 3.42. The minimum absolute atomic E-state index is 0.185. The predicted octanol–water partition coefficient (Wildman–Crippen LogP) is 0.352. The van der Waals surface area contributed by atoms with Gasteiger partial charge in [-0.1, -0.05) is 11.2 Å². The van der Waals surface area contributed by atoms with Crippen molar-refractivity contribution in [2.75, 3.05) is 13.2 Å². The normalized spacial score (nSPS) is 41.4. The summed E-state index contributed by atoms with van der Waals surface area (Å²) < 4.78 is 15.9. The molecule has 2 saturated heterocycles. The van der Waals surface area contributed by atoms with Crippen LogP contribution in [0.5, 0.6) is 0 Å². The third-order valence-electron chi connectivity index (χ3n) is 2.66. The van der Waals surface area contributed by atoms with Gasteiger partial charge in [-0.2, -0.15) is 0 Å². The van der Waals surface area contributed by atoms with Crippen LogP contribution >= 0.6 is 0 Å². The minimum atomic E-state index is -0.891. The first-order valence-electron chi connectivity index (χ1n) is 4.99. The Hall–Kier alpha value is -1.11. The summed E-state index contributed by atoms with van der Waals surface area (Å²) >= 11 is 0. The van der Waals surface area contributed by atoms with Crippen LogP contribution in [0, 0.1) is 0 Å². The number of rotatable bonds is 4. The molecule has 2 unspecified atom stereocenters. The Morgan fingerprint density at radius 1 is 1.69 bits per heavy atom. The zero-order chi connectivity index (χ0) is 11.5. The quantitative estimate of drug-likeness (QED) is 0.324. The molecule has 2 rings (SSSR count). The lowest BCUT2D eigenvalue weighted by Gasteiger charge is -2.48. The van der Waals surface area contributed by atoms with E-state index in [1.165, 1.54) is 0 Å². The van der Waals surface area contributed by atoms with Crippen LogP contribution in [0.15, 0.2) is 17.8 Å². The highest BCUT2D eigenvalue weighted by Gasteiger charge is 2.50. The highest BCUT2D eigenvalue weighted by atomic mass is 16.7. The molecule has 0 aromatic rings. The Morgan fingerprint density at radius 3 is 3.06 bits per heavy atom. The molecule has 7 heteroatoms. The molecule has 0 bridgehead atoms. The molecule has 0 spiro atoms. The fourth-order valence-corrected chi connectivity index (χ4v) is 1.81. The smallest absolute Gasteiger partial charge is 0.169 e. The standard InChI is InChI=1S/C9H13N3O4/c1-2-3-14-9-6(11-12-10)7(13)8-5(16-9)4-15-8/h2,5-9,13H,1,3-4H2/t5?,6?,7-,8+,9+/m1/s1. The van der Waals surface area contributed by atoms with Crippen LogP contribution in [0.3, 0.4) is 0 Å². The van der Waals surface area contributed by atoms with Gasteiger partial charge in [0.2, 0.25) is 0 Å². The molecular weight excluding hydrogens is 214 g/mol. The Morgan fingerprint density at radius 2 is 2.50 bits per heavy atom. The van der Waals surface area contributed by atoms with E-state index in [9.17, 15) is 5.11 Å². The summed E-state index contributed by atoms with van der Waals surface area (Å²) in [5.74, 6) is 0. The Bertz CT molecular complexity index is 318. The molecule has 16 heavy (non-hydrogen) atoms. The average Bonchev–Trinajstić information content (AvgIpc) is 2.23. The maximum atomic E-state index is 9.88. The van der Waals surface area contributed by atoms with Crippen LogP contribution in [0.25, 0.3) is 10.4 Å². The number of aliphatic hydroxyl groups is 1. The molecule has 2 aliphatic heterocycles. The number of nitrogens with zero attached hydrogens (tertiary/aromatic N) is 3. The lowest BCUT2D eigenvalue weighted by Crippen LogP contribution is -2.65. The Labute approximate surface area is 92.2 Å². The van der Waals surface area contributed by atoms with Gasteiger partial charge >= 0.3 is 0 Å². The zero-order valence-corrected chi connectivity index (χ0v) is 8.60. The van der Waals surface area contributed by atoms with Crippen LogP contribution in [-0.2, 0) is 14.2 Å². The number of hydrogen-bond donors (Lipinski definition) is 1. The SMILES string of the molecule is C=CCO[C@H]1OC2CO[C@@H]2[C@H](O)C1N=[N+]=[N-]. The molecule has 1 N–H and O–H groups in total. The van der Waals surface area contributed by atoms with Crippen LogP contribution < -0.4 is 0 Å². The topological polar surface area (TPSA) is 96.7 Å². The first-order chi connectivity index (χ1) is 7.77. The van der Waals surface area contributed by atoms with Crippen molar-refractivity contribution >= 4 is 0 Å². The van der Waals surface area contributed by atoms with Gasteiger partial charge in [-0.05, 0) is 5.53 Å². The van der Waals surface area contributed by atoms with Gasteiger partial charge in [-0.25, -0.2) is 0 Å². The molecule has 0 aromatic carbocycles. The van der Waals surface area contributed by atoms with Crippen molar-refractivity contribution in [3.63, 3.8) is 0 Å². The monoisotopic (exact) mass is 227 g/mol. The van der Waals surface area contributed by atoms with Crippen LogP contribution in [0.4, 0.5) is 0 Å². The van der Waals surface area contributed by atoms with E-state index in [4.69, 9.17) is 19.7 Å². The first-order valence-corrected chi connectivity index (χ1v) is 4.99. The lowest BCUT2D eigenvalue weighted by molar-refractivity contribution is -0.322. The minimum Gasteiger partial charge on any atom is -0.390 e. The van der Waals surface area contributed by atoms with Crippen molar-refractivity contribution < 1.29 is 19.3 Å². The molecular formula is C9H13N3O4. The summed E-state index contributed by atoms with van der Waals surface area (Å²) in [6.45, 7) is 4.21. The van der Waals surface area contributed by atoms with Crippen molar-refractivity contribution in [2.45, 2.75) is 30.6 Å². The fraction of sp³-hybridized carbons (Fsp3) is 0.778. The lowest BCUT2D eigenvalue weighted by atomic mass is 9.94. The van der Waals surface area contributed by atoms with Gasteiger partial charge in [0.25, 0.3) is 0 Å².